The van der Waals surface area contributed by atoms with E-state index in [9.17, 15) is 0 Å². The summed E-state index contributed by atoms with van der Waals surface area (Å²) in [5, 5.41) is 3.22. The van der Waals surface area contributed by atoms with E-state index in [1.807, 2.05) is 0 Å². The van der Waals surface area contributed by atoms with E-state index in [1.165, 1.54) is 12.8 Å². The second-order valence-electron chi connectivity index (χ2n) is 2.87. The minimum atomic E-state index is 0.455. The van der Waals surface area contributed by atoms with Gasteiger partial charge in [0.1, 0.15) is 0 Å². The van der Waals surface area contributed by atoms with Crippen LogP contribution in [0.4, 0.5) is 0 Å². The molecule has 1 saturated heterocycles. The summed E-state index contributed by atoms with van der Waals surface area (Å²) in [4.78, 5) is 0. The van der Waals surface area contributed by atoms with Crippen molar-refractivity contribution in [2.24, 2.45) is 11.7 Å². The van der Waals surface area contributed by atoms with E-state index in [-0.39, 0.29) is 0 Å². The van der Waals surface area contributed by atoms with Crippen molar-refractivity contribution in [3.63, 3.8) is 0 Å². The molecule has 0 aromatic carbocycles. The van der Waals surface area contributed by atoms with E-state index in [1.54, 1.807) is 0 Å². The highest BCUT2D eigenvalue weighted by Gasteiger charge is 2.22. The molecule has 1 aliphatic rings. The Kier molecular flexibility index (Phi) is 2.49. The third-order valence-corrected chi connectivity index (χ3v) is 2.04. The van der Waals surface area contributed by atoms with Crippen LogP contribution in [0.5, 0.6) is 0 Å². The fourth-order valence-corrected chi connectivity index (χ4v) is 1.18. The van der Waals surface area contributed by atoms with Crippen LogP contribution in [-0.4, -0.2) is 19.1 Å². The van der Waals surface area contributed by atoms with Gasteiger partial charge in [-0.05, 0) is 12.3 Å². The second-order valence-corrected chi connectivity index (χ2v) is 2.87. The Labute approximate surface area is 56.8 Å². The Morgan fingerprint density at radius 3 is 2.67 bits per heavy atom. The summed E-state index contributed by atoms with van der Waals surface area (Å²) in [5.41, 5.74) is 5.85. The van der Waals surface area contributed by atoms with E-state index >= 15 is 0 Å². The van der Waals surface area contributed by atoms with Crippen molar-refractivity contribution in [2.75, 3.05) is 13.1 Å². The zero-order chi connectivity index (χ0) is 6.69. The van der Waals surface area contributed by atoms with Crippen molar-refractivity contribution in [1.82, 2.24) is 5.32 Å². The maximum Gasteiger partial charge on any atom is 0.00913 e. The third kappa shape index (κ3) is 1.66. The van der Waals surface area contributed by atoms with Gasteiger partial charge in [-0.25, -0.2) is 0 Å². The average molecular weight is 128 g/mol. The van der Waals surface area contributed by atoms with Crippen molar-refractivity contribution >= 4 is 0 Å². The van der Waals surface area contributed by atoms with Crippen LogP contribution in [0.3, 0.4) is 0 Å². The van der Waals surface area contributed by atoms with Gasteiger partial charge in [0.15, 0.2) is 0 Å². The summed E-state index contributed by atoms with van der Waals surface area (Å²) in [7, 11) is 0. The largest absolute Gasteiger partial charge is 0.327 e. The molecule has 3 N–H and O–H groups in total. The predicted octanol–water partition coefficient (Wildman–Crippen LogP) is 0.333. The van der Waals surface area contributed by atoms with Crippen LogP contribution in [0.25, 0.3) is 0 Å². The minimum Gasteiger partial charge on any atom is -0.327 e. The Morgan fingerprint density at radius 1 is 1.67 bits per heavy atom. The first-order valence-electron chi connectivity index (χ1n) is 3.81. The van der Waals surface area contributed by atoms with E-state index in [4.69, 9.17) is 5.73 Å². The molecule has 1 aliphatic heterocycles. The van der Waals surface area contributed by atoms with Gasteiger partial charge >= 0.3 is 0 Å². The van der Waals surface area contributed by atoms with Crippen molar-refractivity contribution < 1.29 is 0 Å². The van der Waals surface area contributed by atoms with E-state index in [0.29, 0.717) is 6.04 Å². The summed E-state index contributed by atoms with van der Waals surface area (Å²) < 4.78 is 0. The van der Waals surface area contributed by atoms with Gasteiger partial charge in [0.25, 0.3) is 0 Å². The van der Waals surface area contributed by atoms with Crippen LogP contribution in [-0.2, 0) is 0 Å². The normalized spacial score (nSPS) is 23.3. The van der Waals surface area contributed by atoms with Gasteiger partial charge in [0.2, 0.25) is 0 Å². The summed E-state index contributed by atoms with van der Waals surface area (Å²) in [6.07, 6.45) is 2.41. The highest BCUT2D eigenvalue weighted by molar-refractivity contribution is 4.83. The number of nitrogens with one attached hydrogen (secondary N) is 1. The lowest BCUT2D eigenvalue weighted by molar-refractivity contribution is 0.280. The molecule has 9 heavy (non-hydrogen) atoms. The molecule has 1 heterocycles. The van der Waals surface area contributed by atoms with Crippen LogP contribution in [0, 0.1) is 5.92 Å². The molecule has 2 heteroatoms. The lowest BCUT2D eigenvalue weighted by Crippen LogP contribution is -2.51. The van der Waals surface area contributed by atoms with Crippen molar-refractivity contribution in [1.29, 1.82) is 0 Å². The quantitative estimate of drug-likeness (QED) is 0.575. The smallest absolute Gasteiger partial charge is 0.00913 e. The molecule has 1 atom stereocenters. The van der Waals surface area contributed by atoms with E-state index in [2.05, 4.69) is 12.2 Å². The molecule has 0 amide bonds. The van der Waals surface area contributed by atoms with Crippen molar-refractivity contribution in [2.45, 2.75) is 25.8 Å². The minimum absolute atomic E-state index is 0.455. The van der Waals surface area contributed by atoms with Crippen LogP contribution in [0.2, 0.25) is 0 Å². The lowest BCUT2D eigenvalue weighted by Gasteiger charge is -2.32. The molecule has 0 radical (unpaired) electrons. The molecular weight excluding hydrogens is 112 g/mol. The third-order valence-electron chi connectivity index (χ3n) is 2.04. The monoisotopic (exact) mass is 128 g/mol. The molecule has 54 valence electrons. The fraction of sp³-hybridized carbons (Fsp3) is 1.00. The first kappa shape index (κ1) is 7.03. The van der Waals surface area contributed by atoms with Gasteiger partial charge in [-0.2, -0.15) is 0 Å². The Hall–Kier alpha value is -0.0800. The van der Waals surface area contributed by atoms with E-state index in [0.717, 1.165) is 19.0 Å². The van der Waals surface area contributed by atoms with Crippen molar-refractivity contribution in [3.05, 3.63) is 0 Å². The number of nitrogens with two attached hydrogens (primary N) is 1. The van der Waals surface area contributed by atoms with Gasteiger partial charge in [0.05, 0.1) is 0 Å². The zero-order valence-corrected chi connectivity index (χ0v) is 6.06. The Balaban J connectivity index is 2.08. The maximum absolute atomic E-state index is 5.85. The Morgan fingerprint density at radius 2 is 2.33 bits per heavy atom. The average Bonchev–Trinajstić information content (AvgIpc) is 1.60. The predicted molar refractivity (Wildman–Crippen MR) is 39.2 cm³/mol. The molecule has 0 aromatic heterocycles. The molecule has 1 rings (SSSR count). The van der Waals surface area contributed by atoms with Gasteiger partial charge in [-0.15, -0.1) is 0 Å². The second kappa shape index (κ2) is 3.18. The molecule has 0 bridgehead atoms. The zero-order valence-electron chi connectivity index (χ0n) is 6.06. The molecule has 1 unspecified atom stereocenters. The first-order valence-corrected chi connectivity index (χ1v) is 3.81. The van der Waals surface area contributed by atoms with Crippen LogP contribution >= 0.6 is 0 Å². The van der Waals surface area contributed by atoms with Gasteiger partial charge in [-0.1, -0.05) is 13.3 Å². The number of hydrogen-bond acceptors (Lipinski definition) is 2. The van der Waals surface area contributed by atoms with Crippen LogP contribution < -0.4 is 11.1 Å². The number of hydrogen-bond donors (Lipinski definition) is 2. The first-order chi connectivity index (χ1) is 4.34. The lowest BCUT2D eigenvalue weighted by atomic mass is 9.92. The van der Waals surface area contributed by atoms with Gasteiger partial charge < -0.3 is 11.1 Å². The van der Waals surface area contributed by atoms with Crippen LogP contribution in [0.1, 0.15) is 19.8 Å². The summed E-state index contributed by atoms with van der Waals surface area (Å²) >= 11 is 0. The summed E-state index contributed by atoms with van der Waals surface area (Å²) in [5.74, 6) is 0.768. The molecule has 0 aromatic rings. The highest BCUT2D eigenvalue weighted by atomic mass is 15.0. The SMILES string of the molecule is CCCC(N)C1CNC1. The molecule has 0 aliphatic carbocycles. The molecule has 0 saturated carbocycles. The van der Waals surface area contributed by atoms with Gasteiger partial charge in [0, 0.05) is 19.1 Å². The van der Waals surface area contributed by atoms with E-state index < -0.39 is 0 Å². The fourth-order valence-electron chi connectivity index (χ4n) is 1.18. The van der Waals surface area contributed by atoms with Crippen LogP contribution in [0.15, 0.2) is 0 Å². The molecule has 0 spiro atoms. The Bertz CT molecular complexity index is 79.0. The van der Waals surface area contributed by atoms with Crippen molar-refractivity contribution in [3.8, 4) is 0 Å². The summed E-state index contributed by atoms with van der Waals surface area (Å²) in [6.45, 7) is 4.47. The highest BCUT2D eigenvalue weighted by Crippen LogP contribution is 2.10. The topological polar surface area (TPSA) is 38.0 Å². The van der Waals surface area contributed by atoms with Gasteiger partial charge in [-0.3, -0.25) is 0 Å². The molecule has 1 fully saturated rings. The molecular formula is C7H16N2. The number of rotatable bonds is 3. The maximum atomic E-state index is 5.85. The standard InChI is InChI=1S/C7H16N2/c1-2-3-7(8)6-4-9-5-6/h6-7,9H,2-5,8H2,1H3. The molecule has 2 nitrogen and oxygen atoms in total. The summed E-state index contributed by atoms with van der Waals surface area (Å²) in [6, 6.07) is 0.455.